The number of halogens is 1. The summed E-state index contributed by atoms with van der Waals surface area (Å²) in [5, 5.41) is 4.13. The summed E-state index contributed by atoms with van der Waals surface area (Å²) in [6.45, 7) is 11.4. The van der Waals surface area contributed by atoms with Gasteiger partial charge in [0.25, 0.3) is 0 Å². The van der Waals surface area contributed by atoms with Crippen molar-refractivity contribution in [1.29, 1.82) is 0 Å². The number of nitrogens with zero attached hydrogens (tertiary/aromatic N) is 5. The number of pyridine rings is 1. The number of hydrogen-bond donors (Lipinski definition) is 1. The van der Waals surface area contributed by atoms with Crippen LogP contribution in [0.2, 0.25) is 0 Å². The molecule has 2 aliphatic rings. The Balaban J connectivity index is 1.84. The minimum atomic E-state index is -0.315. The predicted octanol–water partition coefficient (Wildman–Crippen LogP) is 6.28. The number of benzene rings is 3. The van der Waals surface area contributed by atoms with E-state index in [2.05, 4.69) is 15.1 Å². The second-order valence-electron chi connectivity index (χ2n) is 8.47. The third-order valence-electron chi connectivity index (χ3n) is 5.62. The molecule has 1 aliphatic carbocycles. The lowest BCUT2D eigenvalue weighted by Gasteiger charge is -2.21. The molecule has 0 amide bonds. The Morgan fingerprint density at radius 1 is 1.06 bits per heavy atom. The minimum Gasteiger partial charge on any atom is -0.480 e. The first-order valence-corrected chi connectivity index (χ1v) is 11.4. The maximum atomic E-state index is 13.8. The molecule has 0 atom stereocenters. The van der Waals surface area contributed by atoms with Crippen molar-refractivity contribution in [2.24, 2.45) is 4.99 Å². The monoisotopic (exact) mass is 478 g/mol. The van der Waals surface area contributed by atoms with Crippen molar-refractivity contribution in [2.45, 2.75) is 19.9 Å². The lowest BCUT2D eigenvalue weighted by Crippen LogP contribution is -2.16. The summed E-state index contributed by atoms with van der Waals surface area (Å²) in [5.74, 6) is 0.146. The van der Waals surface area contributed by atoms with Crippen LogP contribution in [0.5, 0.6) is 5.88 Å². The highest BCUT2D eigenvalue weighted by atomic mass is 19.1. The Morgan fingerprint density at radius 2 is 1.86 bits per heavy atom. The van der Waals surface area contributed by atoms with Crippen LogP contribution in [0.25, 0.3) is 33.0 Å². The largest absolute Gasteiger partial charge is 0.480 e. The highest BCUT2D eigenvalue weighted by molar-refractivity contribution is 5.86. The van der Waals surface area contributed by atoms with Crippen LogP contribution in [0.3, 0.4) is 0 Å². The first-order valence-electron chi connectivity index (χ1n) is 11.4. The van der Waals surface area contributed by atoms with Crippen molar-refractivity contribution in [3.8, 4) is 23.0 Å². The molecule has 1 N–H and O–H groups in total. The molecule has 0 saturated carbocycles. The summed E-state index contributed by atoms with van der Waals surface area (Å²) >= 11 is 0. The van der Waals surface area contributed by atoms with Crippen molar-refractivity contribution in [2.75, 3.05) is 12.4 Å². The zero-order chi connectivity index (χ0) is 25.2. The molecule has 2 aromatic carbocycles. The average molecular weight is 479 g/mol. The van der Waals surface area contributed by atoms with Gasteiger partial charge in [0.1, 0.15) is 11.5 Å². The first kappa shape index (κ1) is 23.0. The lowest BCUT2D eigenvalue weighted by atomic mass is 10.1. The molecule has 5 rings (SSSR count). The lowest BCUT2D eigenvalue weighted by molar-refractivity contribution is 0.400. The van der Waals surface area contributed by atoms with Crippen LogP contribution in [-0.4, -0.2) is 27.7 Å². The van der Waals surface area contributed by atoms with Gasteiger partial charge in [0, 0.05) is 17.9 Å². The molecule has 0 spiro atoms. The van der Waals surface area contributed by atoms with E-state index >= 15 is 0 Å². The van der Waals surface area contributed by atoms with Crippen molar-refractivity contribution < 1.29 is 9.13 Å². The van der Waals surface area contributed by atoms with Crippen molar-refractivity contribution in [1.82, 2.24) is 14.5 Å². The summed E-state index contributed by atoms with van der Waals surface area (Å²) < 4.78 is 21.2. The predicted molar refractivity (Wildman–Crippen MR) is 139 cm³/mol. The molecule has 8 heteroatoms. The summed E-state index contributed by atoms with van der Waals surface area (Å²) in [7, 11) is 1.57. The van der Waals surface area contributed by atoms with Crippen LogP contribution >= 0.6 is 0 Å². The Morgan fingerprint density at radius 3 is 2.58 bits per heavy atom. The van der Waals surface area contributed by atoms with E-state index in [9.17, 15) is 4.39 Å². The number of ether oxygens (including phenoxy) is 1. The van der Waals surface area contributed by atoms with Gasteiger partial charge in [-0.05, 0) is 74.5 Å². The minimum absolute atomic E-state index is 0.0349. The molecule has 178 valence electrons. The normalized spacial score (nSPS) is 11.7. The van der Waals surface area contributed by atoms with Gasteiger partial charge in [0.05, 0.1) is 47.1 Å². The maximum Gasteiger partial charge on any atom is 0.237 e. The molecular weight excluding hydrogens is 455 g/mol. The molecule has 36 heavy (non-hydrogen) atoms. The maximum absolute atomic E-state index is 13.8. The zero-order valence-corrected chi connectivity index (χ0v) is 20.0. The molecule has 0 unspecified atom stereocenters. The van der Waals surface area contributed by atoms with Gasteiger partial charge in [-0.15, -0.1) is 0 Å². The van der Waals surface area contributed by atoms with E-state index in [4.69, 9.17) is 21.3 Å². The van der Waals surface area contributed by atoms with E-state index in [0.717, 1.165) is 27.9 Å². The quantitative estimate of drug-likeness (QED) is 0.239. The molecular formula is C28H23FN6O. The van der Waals surface area contributed by atoms with Gasteiger partial charge >= 0.3 is 0 Å². The fraction of sp³-hybridized carbons (Fsp3) is 0.143. The van der Waals surface area contributed by atoms with Crippen LogP contribution in [0.4, 0.5) is 21.5 Å². The van der Waals surface area contributed by atoms with Gasteiger partial charge in [0.2, 0.25) is 5.88 Å². The third-order valence-corrected chi connectivity index (χ3v) is 5.62. The van der Waals surface area contributed by atoms with Gasteiger partial charge in [0.15, 0.2) is 5.69 Å². The van der Waals surface area contributed by atoms with E-state index in [-0.39, 0.29) is 11.9 Å². The Kier molecular flexibility index (Phi) is 6.05. The molecule has 7 nitrogen and oxygen atoms in total. The zero-order valence-electron chi connectivity index (χ0n) is 20.0. The number of hydrogen-bond acceptors (Lipinski definition) is 5. The Bertz CT molecular complexity index is 1650. The van der Waals surface area contributed by atoms with Crippen LogP contribution < -0.4 is 15.4 Å². The summed E-state index contributed by atoms with van der Waals surface area (Å²) in [6, 6.07) is 19.3. The molecule has 0 saturated heterocycles. The number of rotatable bonds is 5. The van der Waals surface area contributed by atoms with Crippen LogP contribution in [0.1, 0.15) is 13.8 Å². The van der Waals surface area contributed by atoms with Gasteiger partial charge in [-0.25, -0.2) is 19.2 Å². The molecule has 0 fully saturated rings. The number of methoxy groups -OCH3 is 1. The SMILES string of the molecule is [C-]#[N+]c1ccc2c(c1)nc1cc(Nc3cccnc3OC)/c(=N/C(C)C)cc-1n2-c1ccc(F)cc1. The van der Waals surface area contributed by atoms with Gasteiger partial charge in [-0.3, -0.25) is 4.99 Å². The average Bonchev–Trinajstić information content (AvgIpc) is 2.88. The Hall–Kier alpha value is -4.77. The molecule has 0 bridgehead atoms. The number of anilines is 2. The molecule has 2 heterocycles. The van der Waals surface area contributed by atoms with E-state index in [1.807, 2.05) is 48.7 Å². The Labute approximate surface area is 207 Å². The van der Waals surface area contributed by atoms with Crippen LogP contribution in [0.15, 0.2) is 77.9 Å². The second kappa shape index (κ2) is 9.47. The molecule has 3 aromatic rings. The topological polar surface area (TPSA) is 68.7 Å². The van der Waals surface area contributed by atoms with Crippen molar-refractivity contribution in [3.05, 3.63) is 95.5 Å². The highest BCUT2D eigenvalue weighted by Gasteiger charge is 2.18. The van der Waals surface area contributed by atoms with Crippen molar-refractivity contribution in [3.63, 3.8) is 0 Å². The van der Waals surface area contributed by atoms with Crippen LogP contribution in [0, 0.1) is 12.4 Å². The smallest absolute Gasteiger partial charge is 0.237 e. The van der Waals surface area contributed by atoms with Crippen molar-refractivity contribution >= 4 is 28.1 Å². The van der Waals surface area contributed by atoms with E-state index in [1.54, 1.807) is 37.6 Å². The van der Waals surface area contributed by atoms with Gasteiger partial charge in [-0.2, -0.15) is 0 Å². The number of fused-ring (bicyclic) bond motifs is 2. The van der Waals surface area contributed by atoms with E-state index < -0.39 is 0 Å². The van der Waals surface area contributed by atoms with Gasteiger partial charge < -0.3 is 14.6 Å². The third kappa shape index (κ3) is 4.34. The van der Waals surface area contributed by atoms with E-state index in [0.29, 0.717) is 28.5 Å². The number of aromatic nitrogens is 3. The standard InChI is InChI=1S/C28H23FN6O/c1-17(2)32-23-16-27-25(15-22(23)33-21-6-5-13-31-28(21)36-4)34-24-14-19(30-3)9-12-26(24)35(27)20-10-7-18(29)8-11-20/h5-17,33H,1-2,4H3/b32-23+. The van der Waals surface area contributed by atoms with Gasteiger partial charge in [-0.1, -0.05) is 6.07 Å². The fourth-order valence-electron chi connectivity index (χ4n) is 4.10. The second-order valence-corrected chi connectivity index (χ2v) is 8.47. The summed E-state index contributed by atoms with van der Waals surface area (Å²) in [6.07, 6.45) is 1.66. The number of nitrogens with one attached hydrogen (secondary N) is 1. The van der Waals surface area contributed by atoms with E-state index in [1.165, 1.54) is 12.1 Å². The summed E-state index contributed by atoms with van der Waals surface area (Å²) in [5.41, 5.74) is 5.63. The first-order chi connectivity index (χ1) is 17.5. The van der Waals surface area contributed by atoms with Crippen LogP contribution in [-0.2, 0) is 0 Å². The molecule has 0 radical (unpaired) electrons. The summed E-state index contributed by atoms with van der Waals surface area (Å²) in [4.78, 5) is 17.6. The molecule has 1 aromatic heterocycles. The fourth-order valence-corrected chi connectivity index (χ4v) is 4.10. The molecule has 1 aliphatic heterocycles. The highest BCUT2D eigenvalue weighted by Crippen LogP contribution is 2.33.